The van der Waals surface area contributed by atoms with Crippen molar-refractivity contribution in [3.05, 3.63) is 65.1 Å². The average Bonchev–Trinajstić information content (AvgIpc) is 2.92. The molecule has 1 aromatic heterocycles. The molecule has 0 spiro atoms. The molecule has 1 atom stereocenters. The molecule has 38 heavy (non-hydrogen) atoms. The second kappa shape index (κ2) is 12.3. The Labute approximate surface area is 218 Å². The number of piperidine rings is 1. The Kier molecular flexibility index (Phi) is 9.04. The summed E-state index contributed by atoms with van der Waals surface area (Å²) in [6, 6.07) is 6.22. The van der Waals surface area contributed by atoms with Gasteiger partial charge in [-0.3, -0.25) is 9.88 Å². The van der Waals surface area contributed by atoms with E-state index < -0.39 is 41.5 Å². The molecule has 0 radical (unpaired) electrons. The van der Waals surface area contributed by atoms with Crippen molar-refractivity contribution in [2.45, 2.75) is 38.5 Å². The van der Waals surface area contributed by atoms with E-state index in [0.29, 0.717) is 67.7 Å². The van der Waals surface area contributed by atoms with Crippen LogP contribution in [0.1, 0.15) is 43.0 Å². The van der Waals surface area contributed by atoms with Gasteiger partial charge < -0.3 is 14.6 Å². The van der Waals surface area contributed by atoms with Crippen molar-refractivity contribution >= 4 is 10.9 Å². The van der Waals surface area contributed by atoms with Gasteiger partial charge in [-0.15, -0.1) is 0 Å². The molecule has 0 bridgehead atoms. The number of halogens is 5. The van der Waals surface area contributed by atoms with Crippen molar-refractivity contribution in [1.82, 2.24) is 9.88 Å². The monoisotopic (exact) mass is 538 g/mol. The van der Waals surface area contributed by atoms with Crippen molar-refractivity contribution in [3.8, 4) is 11.5 Å². The second-order valence-electron chi connectivity index (χ2n) is 9.77. The number of fused-ring (bicyclic) bond motifs is 1. The molecule has 0 aliphatic carbocycles. The Balaban J connectivity index is 1.35. The maximum absolute atomic E-state index is 15.7. The van der Waals surface area contributed by atoms with Crippen LogP contribution in [0.4, 0.5) is 22.0 Å². The lowest BCUT2D eigenvalue weighted by Gasteiger charge is -2.41. The molecular formula is C28H31F5N2O3. The molecule has 5 nitrogen and oxygen atoms in total. The van der Waals surface area contributed by atoms with Gasteiger partial charge in [0.05, 0.1) is 12.6 Å². The molecule has 2 aromatic carbocycles. The first-order valence-electron chi connectivity index (χ1n) is 12.6. The molecule has 2 heterocycles. The van der Waals surface area contributed by atoms with Gasteiger partial charge in [-0.05, 0) is 62.4 Å². The molecule has 1 N–H and O–H groups in total. The van der Waals surface area contributed by atoms with Gasteiger partial charge in [0.1, 0.15) is 31.0 Å². The summed E-state index contributed by atoms with van der Waals surface area (Å²) in [4.78, 5) is 6.27. The lowest BCUT2D eigenvalue weighted by molar-refractivity contribution is 0.0262. The minimum absolute atomic E-state index is 0.00272. The lowest BCUT2D eigenvalue weighted by atomic mass is 9.74. The normalized spacial score (nSPS) is 16.5. The summed E-state index contributed by atoms with van der Waals surface area (Å²) in [7, 11) is 1.50. The Morgan fingerprint density at radius 3 is 2.45 bits per heavy atom. The quantitative estimate of drug-likeness (QED) is 0.300. The van der Waals surface area contributed by atoms with Crippen molar-refractivity contribution in [1.29, 1.82) is 0 Å². The van der Waals surface area contributed by atoms with E-state index in [1.165, 1.54) is 13.3 Å². The highest BCUT2D eigenvalue weighted by Crippen LogP contribution is 2.41. The van der Waals surface area contributed by atoms with E-state index in [9.17, 15) is 22.7 Å². The van der Waals surface area contributed by atoms with Gasteiger partial charge in [0.15, 0.2) is 17.4 Å². The molecule has 0 unspecified atom stereocenters. The van der Waals surface area contributed by atoms with E-state index >= 15 is 4.39 Å². The molecule has 0 saturated carbocycles. The number of benzene rings is 2. The van der Waals surface area contributed by atoms with E-state index in [-0.39, 0.29) is 30.8 Å². The Morgan fingerprint density at radius 2 is 1.82 bits per heavy atom. The van der Waals surface area contributed by atoms with Gasteiger partial charge in [0, 0.05) is 48.0 Å². The summed E-state index contributed by atoms with van der Waals surface area (Å²) >= 11 is 0. The first-order chi connectivity index (χ1) is 18.3. The third-order valence-electron chi connectivity index (χ3n) is 7.45. The molecule has 4 rings (SSSR count). The van der Waals surface area contributed by atoms with Crippen LogP contribution in [0, 0.1) is 22.9 Å². The lowest BCUT2D eigenvalue weighted by Crippen LogP contribution is -2.43. The topological polar surface area (TPSA) is 54.8 Å². The van der Waals surface area contributed by atoms with Crippen LogP contribution in [-0.4, -0.2) is 54.9 Å². The number of aliphatic hydroxyl groups excluding tert-OH is 1. The number of pyridine rings is 1. The number of ether oxygens (including phenoxy) is 2. The third-order valence-corrected chi connectivity index (χ3v) is 7.45. The van der Waals surface area contributed by atoms with Crippen LogP contribution < -0.4 is 9.47 Å². The van der Waals surface area contributed by atoms with Crippen molar-refractivity contribution < 1.29 is 36.5 Å². The van der Waals surface area contributed by atoms with Crippen LogP contribution in [0.15, 0.2) is 36.5 Å². The van der Waals surface area contributed by atoms with Crippen LogP contribution in [0.2, 0.25) is 0 Å². The Hall–Kier alpha value is -2.98. The van der Waals surface area contributed by atoms with E-state index in [0.717, 1.165) is 0 Å². The molecular weight excluding hydrogens is 507 g/mol. The molecule has 10 heteroatoms. The standard InChI is InChI=1S/C28H31F5N2O3/c1-37-20-2-3-25-21(14-20)26(18(15-29)16-34-25)22(31)4-5-28(17-36)6-8-35(9-7-28)10-11-38-27-23(32)12-19(30)13-24(27)33/h2-3,12-14,16,22,36H,4-11,15,17H2,1H3/t22-/m0/s1. The van der Waals surface area contributed by atoms with Crippen LogP contribution in [0.3, 0.4) is 0 Å². The van der Waals surface area contributed by atoms with E-state index in [2.05, 4.69) is 4.98 Å². The number of nitrogens with zero attached hydrogens (tertiary/aromatic N) is 2. The van der Waals surface area contributed by atoms with E-state index in [1.807, 2.05) is 4.90 Å². The largest absolute Gasteiger partial charge is 0.497 e. The number of likely N-dealkylation sites (tertiary alicyclic amines) is 1. The Bertz CT molecular complexity index is 1220. The van der Waals surface area contributed by atoms with Crippen LogP contribution in [0.5, 0.6) is 11.5 Å². The number of hydrogen-bond acceptors (Lipinski definition) is 5. The smallest absolute Gasteiger partial charge is 0.190 e. The summed E-state index contributed by atoms with van der Waals surface area (Å²) in [5.41, 5.74) is 0.515. The fraction of sp³-hybridized carbons (Fsp3) is 0.464. The average molecular weight is 539 g/mol. The second-order valence-corrected chi connectivity index (χ2v) is 9.77. The predicted octanol–water partition coefficient (Wildman–Crippen LogP) is 6.07. The summed E-state index contributed by atoms with van der Waals surface area (Å²) in [6.07, 6.45) is 1.61. The number of rotatable bonds is 11. The highest BCUT2D eigenvalue weighted by atomic mass is 19.2. The molecule has 0 amide bonds. The van der Waals surface area contributed by atoms with Crippen LogP contribution >= 0.6 is 0 Å². The molecule has 206 valence electrons. The third kappa shape index (κ3) is 6.18. The number of aromatic nitrogens is 1. The van der Waals surface area contributed by atoms with Gasteiger partial charge in [-0.2, -0.15) is 0 Å². The number of aliphatic hydroxyl groups is 1. The molecule has 1 aliphatic rings. The summed E-state index contributed by atoms with van der Waals surface area (Å²) < 4.78 is 80.5. The zero-order valence-corrected chi connectivity index (χ0v) is 21.2. The molecule has 1 saturated heterocycles. The zero-order valence-electron chi connectivity index (χ0n) is 21.2. The van der Waals surface area contributed by atoms with Crippen LogP contribution in [0.25, 0.3) is 10.9 Å². The van der Waals surface area contributed by atoms with Crippen molar-refractivity contribution in [2.24, 2.45) is 5.41 Å². The maximum atomic E-state index is 15.7. The number of alkyl halides is 2. The summed E-state index contributed by atoms with van der Waals surface area (Å²) in [5.74, 6) is -3.31. The molecule has 1 fully saturated rings. The zero-order chi connectivity index (χ0) is 27.3. The number of hydrogen-bond donors (Lipinski definition) is 1. The minimum atomic E-state index is -1.45. The van der Waals surface area contributed by atoms with E-state index in [1.54, 1.807) is 18.2 Å². The van der Waals surface area contributed by atoms with Gasteiger partial charge in [0.2, 0.25) is 0 Å². The SMILES string of the molecule is COc1ccc2ncc(CF)c([C@@H](F)CCC3(CO)CCN(CCOc4c(F)cc(F)cc4F)CC3)c2c1. The summed E-state index contributed by atoms with van der Waals surface area (Å²) in [5, 5.41) is 10.7. The minimum Gasteiger partial charge on any atom is -0.497 e. The fourth-order valence-electron chi connectivity index (χ4n) is 5.10. The van der Waals surface area contributed by atoms with Crippen molar-refractivity contribution in [2.75, 3.05) is 40.0 Å². The first-order valence-corrected chi connectivity index (χ1v) is 12.6. The van der Waals surface area contributed by atoms with Gasteiger partial charge in [-0.1, -0.05) is 0 Å². The van der Waals surface area contributed by atoms with Gasteiger partial charge in [0.25, 0.3) is 0 Å². The van der Waals surface area contributed by atoms with E-state index in [4.69, 9.17) is 9.47 Å². The predicted molar refractivity (Wildman–Crippen MR) is 133 cm³/mol. The highest BCUT2D eigenvalue weighted by Gasteiger charge is 2.35. The molecule has 3 aromatic rings. The first kappa shape index (κ1) is 28.0. The number of methoxy groups -OCH3 is 1. The fourth-order valence-corrected chi connectivity index (χ4v) is 5.10. The van der Waals surface area contributed by atoms with Gasteiger partial charge >= 0.3 is 0 Å². The van der Waals surface area contributed by atoms with Gasteiger partial charge in [-0.25, -0.2) is 22.0 Å². The Morgan fingerprint density at radius 1 is 1.11 bits per heavy atom. The summed E-state index contributed by atoms with van der Waals surface area (Å²) in [6.45, 7) is 0.596. The highest BCUT2D eigenvalue weighted by molar-refractivity contribution is 5.85. The van der Waals surface area contributed by atoms with Crippen LogP contribution in [-0.2, 0) is 6.67 Å². The molecule has 1 aliphatic heterocycles. The maximum Gasteiger partial charge on any atom is 0.190 e. The van der Waals surface area contributed by atoms with Crippen molar-refractivity contribution in [3.63, 3.8) is 0 Å².